The zero-order valence-corrected chi connectivity index (χ0v) is 14.0. The molecule has 0 spiro atoms. The molecule has 26 heavy (non-hydrogen) atoms. The van der Waals surface area contributed by atoms with Crippen molar-refractivity contribution < 1.29 is 18.3 Å². The normalized spacial score (nSPS) is 14.6. The van der Waals surface area contributed by atoms with Crippen LogP contribution in [0.15, 0.2) is 36.5 Å². The average Bonchev–Trinajstić information content (AvgIpc) is 2.68. The summed E-state index contributed by atoms with van der Waals surface area (Å²) in [5, 5.41) is 2.62. The highest BCUT2D eigenvalue weighted by atomic mass is 19.1. The van der Waals surface area contributed by atoms with Gasteiger partial charge >= 0.3 is 0 Å². The molecule has 0 radical (unpaired) electrons. The van der Waals surface area contributed by atoms with Crippen LogP contribution in [0.25, 0.3) is 6.08 Å². The van der Waals surface area contributed by atoms with Crippen molar-refractivity contribution in [2.75, 3.05) is 31.2 Å². The van der Waals surface area contributed by atoms with Gasteiger partial charge in [-0.2, -0.15) is 0 Å². The van der Waals surface area contributed by atoms with Gasteiger partial charge in [0.25, 0.3) is 0 Å². The van der Waals surface area contributed by atoms with Crippen molar-refractivity contribution in [3.63, 3.8) is 0 Å². The van der Waals surface area contributed by atoms with Crippen molar-refractivity contribution in [1.29, 1.82) is 0 Å². The predicted octanol–water partition coefficient (Wildman–Crippen LogP) is 1.92. The summed E-state index contributed by atoms with van der Waals surface area (Å²) in [4.78, 5) is 22.5. The van der Waals surface area contributed by atoms with Crippen LogP contribution in [0.1, 0.15) is 11.4 Å². The lowest BCUT2D eigenvalue weighted by Gasteiger charge is -2.27. The van der Waals surface area contributed by atoms with Gasteiger partial charge in [0.05, 0.1) is 19.8 Å². The van der Waals surface area contributed by atoms with Gasteiger partial charge in [0, 0.05) is 30.9 Å². The number of benzene rings is 1. The van der Waals surface area contributed by atoms with Gasteiger partial charge in [0.2, 0.25) is 5.91 Å². The number of aromatic nitrogens is 2. The zero-order chi connectivity index (χ0) is 18.4. The van der Waals surface area contributed by atoms with Crippen LogP contribution in [0.2, 0.25) is 0 Å². The van der Waals surface area contributed by atoms with Crippen LogP contribution < -0.4 is 10.2 Å². The summed E-state index contributed by atoms with van der Waals surface area (Å²) in [5.41, 5.74) is 0.00529. The van der Waals surface area contributed by atoms with Gasteiger partial charge in [-0.05, 0) is 30.3 Å². The first kappa shape index (κ1) is 17.9. The Bertz CT molecular complexity index is 808. The van der Waals surface area contributed by atoms with Gasteiger partial charge in [-0.15, -0.1) is 0 Å². The molecule has 0 aliphatic carbocycles. The van der Waals surface area contributed by atoms with E-state index in [2.05, 4.69) is 20.2 Å². The standard InChI is InChI=1S/C18H18F2N4O2/c19-14-2-3-15(20)13(11-14)1-4-18(25)22-12-16-21-6-5-17(23-16)24-7-9-26-10-8-24/h1-6,11H,7-10,12H2,(H,22,25)/b4-1+. The van der Waals surface area contributed by atoms with Crippen LogP contribution in [-0.2, 0) is 16.1 Å². The van der Waals surface area contributed by atoms with Crippen LogP contribution in [0.5, 0.6) is 0 Å². The number of rotatable bonds is 5. The minimum atomic E-state index is -0.600. The molecule has 1 aliphatic rings. The fourth-order valence-electron chi connectivity index (χ4n) is 2.47. The fraction of sp³-hybridized carbons (Fsp3) is 0.278. The third kappa shape index (κ3) is 4.82. The maximum atomic E-state index is 13.5. The van der Waals surface area contributed by atoms with E-state index in [1.807, 2.05) is 6.07 Å². The van der Waals surface area contributed by atoms with E-state index in [4.69, 9.17) is 4.74 Å². The Morgan fingerprint density at radius 1 is 1.27 bits per heavy atom. The van der Waals surface area contributed by atoms with Crippen LogP contribution >= 0.6 is 0 Å². The summed E-state index contributed by atoms with van der Waals surface area (Å²) < 4.78 is 31.9. The molecule has 0 atom stereocenters. The van der Waals surface area contributed by atoms with E-state index in [0.29, 0.717) is 19.0 Å². The highest BCUT2D eigenvalue weighted by Gasteiger charge is 2.13. The number of halogens is 2. The van der Waals surface area contributed by atoms with E-state index >= 15 is 0 Å². The number of hydrogen-bond donors (Lipinski definition) is 1. The second-order valence-electron chi connectivity index (χ2n) is 5.65. The number of nitrogens with one attached hydrogen (secondary N) is 1. The molecule has 0 bridgehead atoms. The Balaban J connectivity index is 1.57. The van der Waals surface area contributed by atoms with E-state index in [-0.39, 0.29) is 12.1 Å². The van der Waals surface area contributed by atoms with Crippen molar-refractivity contribution >= 4 is 17.8 Å². The van der Waals surface area contributed by atoms with E-state index in [9.17, 15) is 13.6 Å². The van der Waals surface area contributed by atoms with Crippen molar-refractivity contribution in [2.24, 2.45) is 0 Å². The highest BCUT2D eigenvalue weighted by molar-refractivity contribution is 5.91. The summed E-state index contributed by atoms with van der Waals surface area (Å²) in [6, 6.07) is 4.86. The molecular weight excluding hydrogens is 342 g/mol. The largest absolute Gasteiger partial charge is 0.378 e. The topological polar surface area (TPSA) is 67.4 Å². The summed E-state index contributed by atoms with van der Waals surface area (Å²) in [5.74, 6) is -0.372. The van der Waals surface area contributed by atoms with Crippen LogP contribution in [0.4, 0.5) is 14.6 Å². The molecule has 8 heteroatoms. The lowest BCUT2D eigenvalue weighted by Crippen LogP contribution is -2.37. The molecule has 0 saturated carbocycles. The SMILES string of the molecule is O=C(/C=C/c1cc(F)ccc1F)NCc1nccc(N2CCOCC2)n1. The molecule has 1 N–H and O–H groups in total. The molecule has 1 aromatic heterocycles. The molecule has 6 nitrogen and oxygen atoms in total. The molecule has 1 aliphatic heterocycles. The summed E-state index contributed by atoms with van der Waals surface area (Å²) in [7, 11) is 0. The molecule has 2 heterocycles. The first-order chi connectivity index (χ1) is 12.6. The van der Waals surface area contributed by atoms with Crippen molar-refractivity contribution in [3.8, 4) is 0 Å². The zero-order valence-electron chi connectivity index (χ0n) is 14.0. The number of nitrogens with zero attached hydrogens (tertiary/aromatic N) is 3. The average molecular weight is 360 g/mol. The number of amides is 1. The summed E-state index contributed by atoms with van der Waals surface area (Å²) >= 11 is 0. The van der Waals surface area contributed by atoms with Crippen LogP contribution in [-0.4, -0.2) is 42.2 Å². The number of ether oxygens (including phenoxy) is 1. The quantitative estimate of drug-likeness (QED) is 0.826. The summed E-state index contributed by atoms with van der Waals surface area (Å²) in [6.45, 7) is 2.94. The van der Waals surface area contributed by atoms with Gasteiger partial charge in [-0.25, -0.2) is 18.7 Å². The third-order valence-corrected chi connectivity index (χ3v) is 3.82. The van der Waals surface area contributed by atoms with Gasteiger partial charge in [-0.3, -0.25) is 4.79 Å². The monoisotopic (exact) mass is 360 g/mol. The molecule has 136 valence electrons. The van der Waals surface area contributed by atoms with Gasteiger partial charge in [0.15, 0.2) is 0 Å². The van der Waals surface area contributed by atoms with Crippen LogP contribution in [0.3, 0.4) is 0 Å². The number of carbonyl (C=O) groups excluding carboxylic acids is 1. The predicted molar refractivity (Wildman–Crippen MR) is 92.3 cm³/mol. The maximum absolute atomic E-state index is 13.5. The smallest absolute Gasteiger partial charge is 0.244 e. The number of morpholine rings is 1. The number of hydrogen-bond acceptors (Lipinski definition) is 5. The molecule has 1 amide bonds. The van der Waals surface area contributed by atoms with E-state index in [0.717, 1.165) is 43.2 Å². The summed E-state index contributed by atoms with van der Waals surface area (Å²) in [6.07, 6.45) is 4.00. The molecule has 2 aromatic rings. The minimum absolute atomic E-state index is 0.00529. The van der Waals surface area contributed by atoms with E-state index < -0.39 is 17.5 Å². The molecule has 1 fully saturated rings. The second kappa shape index (κ2) is 8.48. The van der Waals surface area contributed by atoms with E-state index in [1.165, 1.54) is 6.08 Å². The van der Waals surface area contributed by atoms with E-state index in [1.54, 1.807) is 6.20 Å². The lowest BCUT2D eigenvalue weighted by molar-refractivity contribution is -0.116. The van der Waals surface area contributed by atoms with Crippen molar-refractivity contribution in [3.05, 3.63) is 59.6 Å². The molecular formula is C18H18F2N4O2. The Morgan fingerprint density at radius 3 is 2.88 bits per heavy atom. The third-order valence-electron chi connectivity index (χ3n) is 3.82. The Labute approximate surface area is 149 Å². The van der Waals surface area contributed by atoms with Crippen molar-refractivity contribution in [2.45, 2.75) is 6.54 Å². The van der Waals surface area contributed by atoms with Gasteiger partial charge in [-0.1, -0.05) is 0 Å². The number of anilines is 1. The molecule has 1 aromatic carbocycles. The Morgan fingerprint density at radius 2 is 2.08 bits per heavy atom. The first-order valence-corrected chi connectivity index (χ1v) is 8.17. The molecule has 0 unspecified atom stereocenters. The second-order valence-corrected chi connectivity index (χ2v) is 5.65. The van der Waals surface area contributed by atoms with Crippen LogP contribution in [0, 0.1) is 11.6 Å². The Kier molecular flexibility index (Phi) is 5.85. The Hall–Kier alpha value is -2.87. The molecule has 1 saturated heterocycles. The molecule has 3 rings (SSSR count). The highest BCUT2D eigenvalue weighted by Crippen LogP contribution is 2.12. The lowest BCUT2D eigenvalue weighted by atomic mass is 10.2. The minimum Gasteiger partial charge on any atom is -0.378 e. The van der Waals surface area contributed by atoms with Gasteiger partial charge in [0.1, 0.15) is 23.3 Å². The number of carbonyl (C=O) groups is 1. The van der Waals surface area contributed by atoms with Gasteiger partial charge < -0.3 is 15.0 Å². The maximum Gasteiger partial charge on any atom is 0.244 e. The fourth-order valence-corrected chi connectivity index (χ4v) is 2.47. The first-order valence-electron chi connectivity index (χ1n) is 8.17. The van der Waals surface area contributed by atoms with Crippen molar-refractivity contribution in [1.82, 2.24) is 15.3 Å².